The molecule has 0 unspecified atom stereocenters. The Labute approximate surface area is 137 Å². The summed E-state index contributed by atoms with van der Waals surface area (Å²) in [6.45, 7) is 0.980. The quantitative estimate of drug-likeness (QED) is 0.742. The monoisotopic (exact) mass is 328 g/mol. The standard InChI is InChI=1S/C17H16N2O3S/c1-21-14-9-22-8-13(14)19-10-18-12-7-15(23-16(12)17(19)20)11-5-3-2-4-6-11/h2-7,10,13-14H,8-9H2,1H3/t13-,14-/m0/s1. The molecular formula is C17H16N2O3S. The van der Waals surface area contributed by atoms with Gasteiger partial charge in [-0.1, -0.05) is 30.3 Å². The molecule has 4 rings (SSSR count). The zero-order valence-electron chi connectivity index (χ0n) is 12.6. The number of aromatic nitrogens is 2. The van der Waals surface area contributed by atoms with Crippen LogP contribution in [0.1, 0.15) is 6.04 Å². The minimum atomic E-state index is -0.119. The average molecular weight is 328 g/mol. The first-order chi connectivity index (χ1) is 11.3. The lowest BCUT2D eigenvalue weighted by Gasteiger charge is -2.18. The molecule has 118 valence electrons. The lowest BCUT2D eigenvalue weighted by Crippen LogP contribution is -2.32. The van der Waals surface area contributed by atoms with E-state index in [0.717, 1.165) is 16.0 Å². The molecule has 3 heterocycles. The average Bonchev–Trinajstić information content (AvgIpc) is 3.23. The van der Waals surface area contributed by atoms with Gasteiger partial charge in [0.15, 0.2) is 0 Å². The molecule has 3 aromatic rings. The van der Waals surface area contributed by atoms with Crippen molar-refractivity contribution in [2.75, 3.05) is 20.3 Å². The van der Waals surface area contributed by atoms with Gasteiger partial charge in [-0.3, -0.25) is 9.36 Å². The number of ether oxygens (including phenoxy) is 2. The lowest BCUT2D eigenvalue weighted by atomic mass is 10.2. The van der Waals surface area contributed by atoms with Gasteiger partial charge < -0.3 is 9.47 Å². The molecule has 1 saturated heterocycles. The van der Waals surface area contributed by atoms with E-state index in [0.29, 0.717) is 17.9 Å². The summed E-state index contributed by atoms with van der Waals surface area (Å²) in [4.78, 5) is 18.4. The molecule has 0 radical (unpaired) electrons. The van der Waals surface area contributed by atoms with Gasteiger partial charge in [0.2, 0.25) is 0 Å². The highest BCUT2D eigenvalue weighted by molar-refractivity contribution is 7.22. The van der Waals surface area contributed by atoms with Crippen molar-refractivity contribution in [3.8, 4) is 10.4 Å². The number of nitrogens with zero attached hydrogens (tertiary/aromatic N) is 2. The van der Waals surface area contributed by atoms with E-state index in [9.17, 15) is 4.79 Å². The third-order valence-corrected chi connectivity index (χ3v) is 5.34. The summed E-state index contributed by atoms with van der Waals surface area (Å²) in [7, 11) is 1.64. The van der Waals surface area contributed by atoms with Gasteiger partial charge in [0.25, 0.3) is 5.56 Å². The maximum Gasteiger partial charge on any atom is 0.271 e. The van der Waals surface area contributed by atoms with Crippen molar-refractivity contribution in [2.24, 2.45) is 0 Å². The number of hydrogen-bond acceptors (Lipinski definition) is 5. The topological polar surface area (TPSA) is 53.4 Å². The predicted molar refractivity (Wildman–Crippen MR) is 90.0 cm³/mol. The smallest absolute Gasteiger partial charge is 0.271 e. The van der Waals surface area contributed by atoms with Gasteiger partial charge in [-0.05, 0) is 11.6 Å². The fraction of sp³-hybridized carbons (Fsp3) is 0.294. The molecule has 0 spiro atoms. The van der Waals surface area contributed by atoms with Crippen LogP contribution in [-0.2, 0) is 9.47 Å². The van der Waals surface area contributed by atoms with Crippen LogP contribution >= 0.6 is 11.3 Å². The molecule has 23 heavy (non-hydrogen) atoms. The molecule has 2 atom stereocenters. The van der Waals surface area contributed by atoms with E-state index in [4.69, 9.17) is 9.47 Å². The van der Waals surface area contributed by atoms with Crippen LogP contribution in [0, 0.1) is 0 Å². The Morgan fingerprint density at radius 2 is 2.13 bits per heavy atom. The van der Waals surface area contributed by atoms with E-state index in [1.54, 1.807) is 18.0 Å². The Morgan fingerprint density at radius 3 is 2.91 bits per heavy atom. The molecule has 2 aromatic heterocycles. The van der Waals surface area contributed by atoms with E-state index >= 15 is 0 Å². The predicted octanol–water partition coefficient (Wildman–Crippen LogP) is 2.71. The van der Waals surface area contributed by atoms with Gasteiger partial charge in [-0.2, -0.15) is 0 Å². The molecule has 1 fully saturated rings. The van der Waals surface area contributed by atoms with Crippen molar-refractivity contribution in [1.29, 1.82) is 0 Å². The van der Waals surface area contributed by atoms with E-state index in [-0.39, 0.29) is 17.7 Å². The molecule has 1 aliphatic rings. The van der Waals surface area contributed by atoms with Crippen molar-refractivity contribution in [3.63, 3.8) is 0 Å². The van der Waals surface area contributed by atoms with E-state index in [2.05, 4.69) is 4.98 Å². The normalized spacial score (nSPS) is 21.1. The number of benzene rings is 1. The summed E-state index contributed by atoms with van der Waals surface area (Å²) in [6, 6.07) is 11.9. The van der Waals surface area contributed by atoms with Crippen molar-refractivity contribution in [1.82, 2.24) is 9.55 Å². The minimum absolute atomic E-state index is 0.0280. The van der Waals surface area contributed by atoms with Gasteiger partial charge in [0, 0.05) is 12.0 Å². The lowest BCUT2D eigenvalue weighted by molar-refractivity contribution is 0.0679. The molecule has 5 nitrogen and oxygen atoms in total. The Balaban J connectivity index is 1.81. The molecule has 0 bridgehead atoms. The zero-order chi connectivity index (χ0) is 15.8. The van der Waals surface area contributed by atoms with Crippen LogP contribution in [0.5, 0.6) is 0 Å². The van der Waals surface area contributed by atoms with E-state index < -0.39 is 0 Å². The van der Waals surface area contributed by atoms with Crippen molar-refractivity contribution < 1.29 is 9.47 Å². The summed E-state index contributed by atoms with van der Waals surface area (Å²) >= 11 is 1.48. The first-order valence-corrected chi connectivity index (χ1v) is 8.26. The Hall–Kier alpha value is -2.02. The molecule has 0 N–H and O–H groups in total. The van der Waals surface area contributed by atoms with Crippen LogP contribution in [0.15, 0.2) is 47.5 Å². The third kappa shape index (κ3) is 2.49. The van der Waals surface area contributed by atoms with Crippen LogP contribution in [-0.4, -0.2) is 36.0 Å². The molecule has 0 aliphatic carbocycles. The van der Waals surface area contributed by atoms with Crippen LogP contribution in [0.2, 0.25) is 0 Å². The highest BCUT2D eigenvalue weighted by atomic mass is 32.1. The van der Waals surface area contributed by atoms with Crippen LogP contribution in [0.3, 0.4) is 0 Å². The van der Waals surface area contributed by atoms with Crippen LogP contribution in [0.25, 0.3) is 20.7 Å². The second kappa shape index (κ2) is 5.88. The molecule has 1 aliphatic heterocycles. The van der Waals surface area contributed by atoms with Crippen LogP contribution < -0.4 is 5.56 Å². The van der Waals surface area contributed by atoms with Gasteiger partial charge in [-0.25, -0.2) is 4.98 Å². The van der Waals surface area contributed by atoms with Crippen molar-refractivity contribution in [3.05, 3.63) is 53.1 Å². The van der Waals surface area contributed by atoms with Gasteiger partial charge in [-0.15, -0.1) is 11.3 Å². The van der Waals surface area contributed by atoms with Gasteiger partial charge >= 0.3 is 0 Å². The first kappa shape index (κ1) is 14.6. The van der Waals surface area contributed by atoms with E-state index in [1.165, 1.54) is 11.3 Å². The maximum absolute atomic E-state index is 12.8. The molecule has 1 aromatic carbocycles. The fourth-order valence-electron chi connectivity index (χ4n) is 2.91. The summed E-state index contributed by atoms with van der Waals surface area (Å²) in [5.74, 6) is 0. The fourth-order valence-corrected chi connectivity index (χ4v) is 3.97. The van der Waals surface area contributed by atoms with Crippen molar-refractivity contribution in [2.45, 2.75) is 12.1 Å². The summed E-state index contributed by atoms with van der Waals surface area (Å²) in [5, 5.41) is 0. The number of methoxy groups -OCH3 is 1. The van der Waals surface area contributed by atoms with E-state index in [1.807, 2.05) is 36.4 Å². The molecule has 6 heteroatoms. The Bertz CT molecular complexity index is 888. The maximum atomic E-state index is 12.8. The SMILES string of the molecule is CO[C@H]1COC[C@@H]1n1cnc2cc(-c3ccccc3)sc2c1=O. The van der Waals surface area contributed by atoms with Gasteiger partial charge in [0.1, 0.15) is 10.8 Å². The summed E-state index contributed by atoms with van der Waals surface area (Å²) in [6.07, 6.45) is 1.50. The highest BCUT2D eigenvalue weighted by Gasteiger charge is 2.31. The summed E-state index contributed by atoms with van der Waals surface area (Å²) < 4.78 is 13.2. The zero-order valence-corrected chi connectivity index (χ0v) is 13.5. The number of fused-ring (bicyclic) bond motifs is 1. The third-order valence-electron chi connectivity index (χ3n) is 4.18. The van der Waals surface area contributed by atoms with Gasteiger partial charge in [0.05, 0.1) is 31.1 Å². The summed E-state index contributed by atoms with van der Waals surface area (Å²) in [5.41, 5.74) is 1.81. The molecule has 0 amide bonds. The number of hydrogen-bond donors (Lipinski definition) is 0. The largest absolute Gasteiger partial charge is 0.377 e. The molecular weight excluding hydrogens is 312 g/mol. The van der Waals surface area contributed by atoms with Crippen LogP contribution in [0.4, 0.5) is 0 Å². The highest BCUT2D eigenvalue weighted by Crippen LogP contribution is 2.31. The second-order valence-corrected chi connectivity index (χ2v) is 6.58. The Kier molecular flexibility index (Phi) is 3.72. The second-order valence-electron chi connectivity index (χ2n) is 5.53. The molecule has 0 saturated carbocycles. The Morgan fingerprint density at radius 1 is 1.30 bits per heavy atom. The number of thiophene rings is 1. The van der Waals surface area contributed by atoms with Crippen molar-refractivity contribution >= 4 is 21.6 Å². The number of rotatable bonds is 3. The first-order valence-electron chi connectivity index (χ1n) is 7.44. The minimum Gasteiger partial charge on any atom is -0.377 e.